The smallest absolute Gasteiger partial charge is 0.257 e. The van der Waals surface area contributed by atoms with Crippen molar-refractivity contribution >= 4 is 23.5 Å². The lowest BCUT2D eigenvalue weighted by Gasteiger charge is -2.25. The summed E-state index contributed by atoms with van der Waals surface area (Å²) in [7, 11) is 2.84. The molecule has 0 bridgehead atoms. The third-order valence-electron chi connectivity index (χ3n) is 4.28. The lowest BCUT2D eigenvalue weighted by atomic mass is 9.86. The molecule has 2 aromatic rings. The number of methoxy groups -OCH3 is 2. The average molecular weight is 391 g/mol. The number of amides is 1. The molecule has 0 saturated carbocycles. The molecule has 3 N–H and O–H groups in total. The van der Waals surface area contributed by atoms with Crippen LogP contribution >= 0.6 is 11.8 Å². The van der Waals surface area contributed by atoms with Crippen LogP contribution in [0, 0.1) is 0 Å². The molecular weight excluding hydrogens is 370 g/mol. The van der Waals surface area contributed by atoms with Crippen LogP contribution in [0.3, 0.4) is 0 Å². The monoisotopic (exact) mass is 391 g/mol. The molecule has 1 amide bonds. The summed E-state index contributed by atoms with van der Waals surface area (Å²) >= 11 is 1.43. The molecule has 1 aromatic carbocycles. The molecule has 0 saturated heterocycles. The van der Waals surface area contributed by atoms with Gasteiger partial charge in [-0.25, -0.2) is 4.98 Å². The zero-order valence-electron chi connectivity index (χ0n) is 15.3. The van der Waals surface area contributed by atoms with E-state index in [1.165, 1.54) is 26.0 Å². The number of carbonyl (C=O) groups is 1. The molecule has 1 aromatic heterocycles. The van der Waals surface area contributed by atoms with Crippen molar-refractivity contribution in [2.45, 2.75) is 30.8 Å². The quantitative estimate of drug-likeness (QED) is 0.512. The van der Waals surface area contributed by atoms with Crippen LogP contribution in [0.2, 0.25) is 0 Å². The molecule has 8 nitrogen and oxygen atoms in total. The Morgan fingerprint density at radius 2 is 1.93 bits per heavy atom. The fraction of sp³-hybridized carbons (Fsp3) is 0.389. The number of nitrogens with one attached hydrogen (secondary N) is 2. The number of hydrogen-bond acceptors (Lipinski definition) is 7. The fourth-order valence-electron chi connectivity index (χ4n) is 3.02. The summed E-state index contributed by atoms with van der Waals surface area (Å²) < 4.78 is 10.4. The molecule has 1 unspecified atom stereocenters. The Hall–Kier alpha value is -2.68. The first-order chi connectivity index (χ1) is 13.0. The third-order valence-corrected chi connectivity index (χ3v) is 5.36. The van der Waals surface area contributed by atoms with E-state index in [9.17, 15) is 14.7 Å². The van der Waals surface area contributed by atoms with Gasteiger partial charge in [-0.15, -0.1) is 0 Å². The standard InChI is InChI=1S/C18H21N3O5S/c1-4-5-27-18-20-16-14(17(24)21-18)10(8-13(22)19-16)9-6-11(25-2)15(23)12(7-9)26-3/h6-7,10,23H,4-5,8H2,1-3H3,(H2,19,20,21,22,24). The number of H-pyrrole nitrogens is 1. The largest absolute Gasteiger partial charge is 0.502 e. The first kappa shape index (κ1) is 19.1. The molecule has 0 spiro atoms. The van der Waals surface area contributed by atoms with Gasteiger partial charge in [0.05, 0.1) is 19.8 Å². The predicted octanol–water partition coefficient (Wildman–Crippen LogP) is 2.47. The number of phenols is 1. The number of hydrogen-bond donors (Lipinski definition) is 3. The van der Waals surface area contributed by atoms with E-state index in [0.717, 1.165) is 12.2 Å². The van der Waals surface area contributed by atoms with Gasteiger partial charge in [0.25, 0.3) is 5.56 Å². The molecule has 9 heteroatoms. The highest BCUT2D eigenvalue weighted by Crippen LogP contribution is 2.42. The second-order valence-corrected chi connectivity index (χ2v) is 7.14. The van der Waals surface area contributed by atoms with Crippen LogP contribution in [0.5, 0.6) is 17.2 Å². The van der Waals surface area contributed by atoms with Gasteiger partial charge in [0.15, 0.2) is 16.7 Å². The maximum absolute atomic E-state index is 12.7. The summed E-state index contributed by atoms with van der Waals surface area (Å²) in [6.07, 6.45) is 1.02. The predicted molar refractivity (Wildman–Crippen MR) is 102 cm³/mol. The Labute approximate surface area is 160 Å². The topological polar surface area (TPSA) is 114 Å². The van der Waals surface area contributed by atoms with Crippen LogP contribution in [0.15, 0.2) is 22.1 Å². The molecular formula is C18H21N3O5S. The molecule has 1 atom stereocenters. The molecule has 1 aliphatic rings. The highest BCUT2D eigenvalue weighted by Gasteiger charge is 2.32. The van der Waals surface area contributed by atoms with Crippen LogP contribution in [-0.2, 0) is 4.79 Å². The highest BCUT2D eigenvalue weighted by molar-refractivity contribution is 7.99. The van der Waals surface area contributed by atoms with Crippen molar-refractivity contribution in [3.8, 4) is 17.2 Å². The number of aromatic amines is 1. The Bertz CT molecular complexity index is 903. The molecule has 144 valence electrons. The molecule has 0 aliphatic carbocycles. The van der Waals surface area contributed by atoms with Crippen LogP contribution in [0.1, 0.15) is 36.8 Å². The van der Waals surface area contributed by atoms with Crippen molar-refractivity contribution in [2.75, 3.05) is 25.3 Å². The highest BCUT2D eigenvalue weighted by atomic mass is 32.2. The third kappa shape index (κ3) is 3.73. The van der Waals surface area contributed by atoms with E-state index in [2.05, 4.69) is 15.3 Å². The van der Waals surface area contributed by atoms with Gasteiger partial charge in [0.2, 0.25) is 11.7 Å². The van der Waals surface area contributed by atoms with Gasteiger partial charge in [-0.2, -0.15) is 0 Å². The Balaban J connectivity index is 2.12. The minimum atomic E-state index is -0.529. The Morgan fingerprint density at radius 3 is 2.52 bits per heavy atom. The van der Waals surface area contributed by atoms with E-state index in [1.807, 2.05) is 6.92 Å². The first-order valence-corrected chi connectivity index (χ1v) is 9.48. The molecule has 0 radical (unpaired) electrons. The van der Waals surface area contributed by atoms with Crippen LogP contribution < -0.4 is 20.3 Å². The number of nitrogens with zero attached hydrogens (tertiary/aromatic N) is 1. The maximum atomic E-state index is 12.7. The van der Waals surface area contributed by atoms with Crippen molar-refractivity contribution in [2.24, 2.45) is 0 Å². The zero-order valence-corrected chi connectivity index (χ0v) is 16.1. The number of rotatable bonds is 6. The molecule has 0 fully saturated rings. The molecule has 3 rings (SSSR count). The number of phenolic OH excluding ortho intramolecular Hbond substituents is 1. The van der Waals surface area contributed by atoms with E-state index in [1.54, 1.807) is 12.1 Å². The number of aromatic nitrogens is 2. The van der Waals surface area contributed by atoms with Gasteiger partial charge >= 0.3 is 0 Å². The Morgan fingerprint density at radius 1 is 1.26 bits per heavy atom. The number of thioether (sulfide) groups is 1. The van der Waals surface area contributed by atoms with Crippen molar-refractivity contribution in [1.82, 2.24) is 9.97 Å². The minimum absolute atomic E-state index is 0.0797. The maximum Gasteiger partial charge on any atom is 0.257 e. The SMILES string of the molecule is CCCSc1nc2c(c(=O)[nH]1)C(c1cc(OC)c(O)c(OC)c1)CC(=O)N2. The van der Waals surface area contributed by atoms with Gasteiger partial charge in [-0.1, -0.05) is 18.7 Å². The van der Waals surface area contributed by atoms with Gasteiger partial charge in [0, 0.05) is 18.1 Å². The Kier molecular flexibility index (Phi) is 5.59. The zero-order chi connectivity index (χ0) is 19.6. The summed E-state index contributed by atoms with van der Waals surface area (Å²) in [5.74, 6) is 0.590. The lowest BCUT2D eigenvalue weighted by Crippen LogP contribution is -2.31. The van der Waals surface area contributed by atoms with Gasteiger partial charge in [-0.3, -0.25) is 9.59 Å². The van der Waals surface area contributed by atoms with E-state index in [4.69, 9.17) is 9.47 Å². The molecule has 27 heavy (non-hydrogen) atoms. The van der Waals surface area contributed by atoms with Crippen molar-refractivity contribution < 1.29 is 19.4 Å². The van der Waals surface area contributed by atoms with Gasteiger partial charge in [-0.05, 0) is 24.1 Å². The number of fused-ring (bicyclic) bond motifs is 1. The van der Waals surface area contributed by atoms with Gasteiger partial charge < -0.3 is 24.9 Å². The number of carbonyl (C=O) groups excluding carboxylic acids is 1. The molecule has 1 aliphatic heterocycles. The summed E-state index contributed by atoms with van der Waals surface area (Å²) in [6, 6.07) is 3.20. The number of benzene rings is 1. The van der Waals surface area contributed by atoms with E-state index in [-0.39, 0.29) is 41.0 Å². The summed E-state index contributed by atoms with van der Waals surface area (Å²) in [6.45, 7) is 2.03. The number of ether oxygens (including phenoxy) is 2. The van der Waals surface area contributed by atoms with Crippen LogP contribution in [0.25, 0.3) is 0 Å². The van der Waals surface area contributed by atoms with Crippen LogP contribution in [0.4, 0.5) is 5.82 Å². The van der Waals surface area contributed by atoms with Crippen molar-refractivity contribution in [1.29, 1.82) is 0 Å². The fourth-order valence-corrected chi connectivity index (χ4v) is 3.74. The lowest BCUT2D eigenvalue weighted by molar-refractivity contribution is -0.116. The average Bonchev–Trinajstić information content (AvgIpc) is 2.65. The van der Waals surface area contributed by atoms with E-state index >= 15 is 0 Å². The number of aromatic hydroxyl groups is 1. The second kappa shape index (κ2) is 7.91. The summed E-state index contributed by atoms with van der Waals surface area (Å²) in [4.78, 5) is 32.2. The second-order valence-electron chi connectivity index (χ2n) is 6.06. The summed E-state index contributed by atoms with van der Waals surface area (Å²) in [5.41, 5.74) is 0.707. The minimum Gasteiger partial charge on any atom is -0.502 e. The number of anilines is 1. The van der Waals surface area contributed by atoms with Crippen molar-refractivity contribution in [3.63, 3.8) is 0 Å². The van der Waals surface area contributed by atoms with E-state index < -0.39 is 5.92 Å². The normalized spacial score (nSPS) is 15.8. The molecule has 2 heterocycles. The first-order valence-electron chi connectivity index (χ1n) is 8.50. The van der Waals surface area contributed by atoms with Crippen molar-refractivity contribution in [3.05, 3.63) is 33.6 Å². The van der Waals surface area contributed by atoms with E-state index in [0.29, 0.717) is 16.3 Å². The van der Waals surface area contributed by atoms with Crippen LogP contribution in [-0.4, -0.2) is 41.0 Å². The summed E-state index contributed by atoms with van der Waals surface area (Å²) in [5, 5.41) is 13.3. The van der Waals surface area contributed by atoms with Gasteiger partial charge in [0.1, 0.15) is 5.82 Å².